The molecule has 1 N–H and O–H groups in total. The SMILES string of the molecule is O=C(Cc1ccccc1)NC1CCN(CCCN2C(=O)CCc3c(F)cccc32)CC1. The predicted octanol–water partition coefficient (Wildman–Crippen LogP) is 3.32. The molecule has 1 fully saturated rings. The molecule has 0 unspecified atom stereocenters. The lowest BCUT2D eigenvalue weighted by atomic mass is 10.00. The van der Waals surface area contributed by atoms with Gasteiger partial charge in [0.15, 0.2) is 0 Å². The quantitative estimate of drug-likeness (QED) is 0.743. The highest BCUT2D eigenvalue weighted by Gasteiger charge is 2.26. The van der Waals surface area contributed by atoms with Gasteiger partial charge in [0.05, 0.1) is 6.42 Å². The maximum absolute atomic E-state index is 14.1. The van der Waals surface area contributed by atoms with Crippen molar-refractivity contribution in [1.29, 1.82) is 0 Å². The van der Waals surface area contributed by atoms with Crippen molar-refractivity contribution in [3.05, 3.63) is 65.5 Å². The van der Waals surface area contributed by atoms with E-state index in [0.717, 1.165) is 50.1 Å². The number of halogens is 1. The summed E-state index contributed by atoms with van der Waals surface area (Å²) in [4.78, 5) is 28.8. The second kappa shape index (κ2) is 10.1. The Hall–Kier alpha value is -2.73. The lowest BCUT2D eigenvalue weighted by Gasteiger charge is -2.34. The van der Waals surface area contributed by atoms with E-state index in [1.165, 1.54) is 6.07 Å². The minimum absolute atomic E-state index is 0.0814. The fourth-order valence-corrected chi connectivity index (χ4v) is 4.61. The standard InChI is InChI=1S/C25H30FN3O2/c26-22-8-4-9-23-21(22)10-11-25(31)29(23)15-5-14-28-16-12-20(13-17-28)27-24(30)18-19-6-2-1-3-7-19/h1-4,6-9,20H,5,10-18H2,(H,27,30). The van der Waals surface area contributed by atoms with Crippen molar-refractivity contribution in [1.82, 2.24) is 10.2 Å². The van der Waals surface area contributed by atoms with Gasteiger partial charge < -0.3 is 15.1 Å². The lowest BCUT2D eigenvalue weighted by Crippen LogP contribution is -2.45. The topological polar surface area (TPSA) is 52.7 Å². The first-order chi connectivity index (χ1) is 15.1. The van der Waals surface area contributed by atoms with E-state index in [1.807, 2.05) is 36.4 Å². The number of carbonyl (C=O) groups is 2. The number of benzene rings is 2. The van der Waals surface area contributed by atoms with Gasteiger partial charge >= 0.3 is 0 Å². The first kappa shape index (κ1) is 21.5. The summed E-state index contributed by atoms with van der Waals surface area (Å²) in [5, 5.41) is 3.16. The summed E-state index contributed by atoms with van der Waals surface area (Å²) in [5.41, 5.74) is 2.43. The van der Waals surface area contributed by atoms with Crippen LogP contribution in [0.5, 0.6) is 0 Å². The van der Waals surface area contributed by atoms with Crippen molar-refractivity contribution in [2.75, 3.05) is 31.1 Å². The number of likely N-dealkylation sites (tertiary alicyclic amines) is 1. The Morgan fingerprint density at radius 3 is 2.55 bits per heavy atom. The molecule has 0 radical (unpaired) electrons. The summed E-state index contributed by atoms with van der Waals surface area (Å²) in [7, 11) is 0. The van der Waals surface area contributed by atoms with Crippen LogP contribution in [-0.4, -0.2) is 48.9 Å². The number of carbonyl (C=O) groups excluding carboxylic acids is 2. The van der Waals surface area contributed by atoms with Gasteiger partial charge in [-0.3, -0.25) is 9.59 Å². The van der Waals surface area contributed by atoms with E-state index in [4.69, 9.17) is 0 Å². The second-order valence-electron chi connectivity index (χ2n) is 8.48. The molecule has 0 atom stereocenters. The van der Waals surface area contributed by atoms with Crippen molar-refractivity contribution in [3.8, 4) is 0 Å². The summed E-state index contributed by atoms with van der Waals surface area (Å²) >= 11 is 0. The zero-order chi connectivity index (χ0) is 21.6. The average Bonchev–Trinajstić information content (AvgIpc) is 2.77. The molecule has 164 valence electrons. The minimum atomic E-state index is -0.216. The van der Waals surface area contributed by atoms with Crippen LogP contribution in [0.3, 0.4) is 0 Å². The molecule has 5 nitrogen and oxygen atoms in total. The van der Waals surface area contributed by atoms with Crippen LogP contribution in [0.15, 0.2) is 48.5 Å². The summed E-state index contributed by atoms with van der Waals surface area (Å²) in [5.74, 6) is -0.0523. The van der Waals surface area contributed by atoms with E-state index in [-0.39, 0.29) is 23.7 Å². The fourth-order valence-electron chi connectivity index (χ4n) is 4.61. The van der Waals surface area contributed by atoms with Crippen LogP contribution in [0.4, 0.5) is 10.1 Å². The van der Waals surface area contributed by atoms with E-state index >= 15 is 0 Å². The number of nitrogens with zero attached hydrogens (tertiary/aromatic N) is 2. The Kier molecular flexibility index (Phi) is 6.97. The van der Waals surface area contributed by atoms with Crippen molar-refractivity contribution in [2.45, 2.75) is 44.6 Å². The number of fused-ring (bicyclic) bond motifs is 1. The van der Waals surface area contributed by atoms with Crippen LogP contribution in [0.2, 0.25) is 0 Å². The summed E-state index contributed by atoms with van der Waals surface area (Å²) < 4.78 is 14.1. The van der Waals surface area contributed by atoms with Gasteiger partial charge in [0.2, 0.25) is 11.8 Å². The number of nitrogens with one attached hydrogen (secondary N) is 1. The van der Waals surface area contributed by atoms with Crippen LogP contribution < -0.4 is 10.2 Å². The number of amides is 2. The smallest absolute Gasteiger partial charge is 0.227 e. The Bertz CT molecular complexity index is 910. The molecule has 2 amide bonds. The van der Waals surface area contributed by atoms with Gasteiger partial charge in [-0.05, 0) is 49.9 Å². The van der Waals surface area contributed by atoms with E-state index in [9.17, 15) is 14.0 Å². The van der Waals surface area contributed by atoms with Crippen molar-refractivity contribution >= 4 is 17.5 Å². The van der Waals surface area contributed by atoms with Crippen LogP contribution >= 0.6 is 0 Å². The minimum Gasteiger partial charge on any atom is -0.353 e. The van der Waals surface area contributed by atoms with Crippen molar-refractivity contribution < 1.29 is 14.0 Å². The number of hydrogen-bond donors (Lipinski definition) is 1. The number of anilines is 1. The van der Waals surface area contributed by atoms with Crippen LogP contribution in [0.25, 0.3) is 0 Å². The Morgan fingerprint density at radius 2 is 1.77 bits per heavy atom. The van der Waals surface area contributed by atoms with Crippen LogP contribution in [0.1, 0.15) is 36.8 Å². The number of piperidine rings is 1. The van der Waals surface area contributed by atoms with E-state index < -0.39 is 0 Å². The normalized spacial score (nSPS) is 17.5. The molecule has 0 aliphatic carbocycles. The van der Waals surface area contributed by atoms with Crippen molar-refractivity contribution in [3.63, 3.8) is 0 Å². The zero-order valence-corrected chi connectivity index (χ0v) is 17.9. The predicted molar refractivity (Wildman–Crippen MR) is 119 cm³/mol. The van der Waals surface area contributed by atoms with Gasteiger partial charge in [-0.2, -0.15) is 0 Å². The molecule has 0 bridgehead atoms. The molecule has 0 saturated carbocycles. The molecule has 31 heavy (non-hydrogen) atoms. The maximum Gasteiger partial charge on any atom is 0.227 e. The molecule has 2 heterocycles. The van der Waals surface area contributed by atoms with Crippen molar-refractivity contribution in [2.24, 2.45) is 0 Å². The maximum atomic E-state index is 14.1. The molecule has 6 heteroatoms. The van der Waals surface area contributed by atoms with Gasteiger partial charge in [0.25, 0.3) is 0 Å². The second-order valence-corrected chi connectivity index (χ2v) is 8.48. The molecule has 2 aliphatic rings. The third-order valence-corrected chi connectivity index (χ3v) is 6.29. The molecule has 2 aliphatic heterocycles. The van der Waals surface area contributed by atoms with Gasteiger partial charge in [0.1, 0.15) is 5.82 Å². The van der Waals surface area contributed by atoms with Gasteiger partial charge in [-0.15, -0.1) is 0 Å². The van der Waals surface area contributed by atoms with Gasteiger partial charge in [-0.25, -0.2) is 4.39 Å². The van der Waals surface area contributed by atoms with Crippen LogP contribution in [0, 0.1) is 5.82 Å². The average molecular weight is 424 g/mol. The Labute approximate surface area is 183 Å². The fraction of sp³-hybridized carbons (Fsp3) is 0.440. The highest BCUT2D eigenvalue weighted by molar-refractivity contribution is 5.96. The lowest BCUT2D eigenvalue weighted by molar-refractivity contribution is -0.121. The number of hydrogen-bond acceptors (Lipinski definition) is 3. The van der Waals surface area contributed by atoms with Gasteiger partial charge in [-0.1, -0.05) is 36.4 Å². The molecular formula is C25H30FN3O2. The third kappa shape index (κ3) is 5.50. The van der Waals surface area contributed by atoms with E-state index in [0.29, 0.717) is 31.4 Å². The molecule has 4 rings (SSSR count). The molecule has 2 aromatic rings. The van der Waals surface area contributed by atoms with E-state index in [1.54, 1.807) is 11.0 Å². The monoisotopic (exact) mass is 423 g/mol. The summed E-state index contributed by atoms with van der Waals surface area (Å²) in [6.45, 7) is 3.40. The highest BCUT2D eigenvalue weighted by atomic mass is 19.1. The third-order valence-electron chi connectivity index (χ3n) is 6.29. The highest BCUT2D eigenvalue weighted by Crippen LogP contribution is 2.29. The largest absolute Gasteiger partial charge is 0.353 e. The zero-order valence-electron chi connectivity index (χ0n) is 17.9. The summed E-state index contributed by atoms with van der Waals surface area (Å²) in [6, 6.07) is 15.0. The van der Waals surface area contributed by atoms with Gasteiger partial charge in [0, 0.05) is 43.3 Å². The molecule has 1 saturated heterocycles. The molecule has 0 aromatic heterocycles. The first-order valence-electron chi connectivity index (χ1n) is 11.2. The molecular weight excluding hydrogens is 393 g/mol. The van der Waals surface area contributed by atoms with Crippen LogP contribution in [-0.2, 0) is 22.4 Å². The molecule has 0 spiro atoms. The first-order valence-corrected chi connectivity index (χ1v) is 11.2. The number of rotatable bonds is 7. The Morgan fingerprint density at radius 1 is 1.00 bits per heavy atom. The molecule has 2 aromatic carbocycles. The summed E-state index contributed by atoms with van der Waals surface area (Å²) in [6.07, 6.45) is 4.02. The Balaban J connectivity index is 1.19. The van der Waals surface area contributed by atoms with E-state index in [2.05, 4.69) is 10.2 Å².